The van der Waals surface area contributed by atoms with Gasteiger partial charge in [0.05, 0.1) is 16.5 Å². The van der Waals surface area contributed by atoms with Crippen LogP contribution in [0, 0.1) is 25.2 Å². The summed E-state index contributed by atoms with van der Waals surface area (Å²) in [5, 5.41) is 8.75. The lowest BCUT2D eigenvalue weighted by molar-refractivity contribution is -0.141. The molecule has 0 radical (unpaired) electrons. The highest BCUT2D eigenvalue weighted by Crippen LogP contribution is 2.20. The molecular weight excluding hydrogens is 394 g/mol. The van der Waals surface area contributed by atoms with E-state index in [-0.39, 0.29) is 16.7 Å². The van der Waals surface area contributed by atoms with Crippen LogP contribution in [0.2, 0.25) is 0 Å². The number of benzene rings is 1. The highest BCUT2D eigenvalue weighted by Gasteiger charge is 2.20. The molecule has 154 valence electrons. The third-order valence-electron chi connectivity index (χ3n) is 4.37. The van der Waals surface area contributed by atoms with Gasteiger partial charge < -0.3 is 9.30 Å². The molecular formula is C20H23N3O5S. The summed E-state index contributed by atoms with van der Waals surface area (Å²) >= 11 is 0. The first-order chi connectivity index (χ1) is 13.6. The number of ketones is 1. The Bertz CT molecular complexity index is 1060. The lowest BCUT2D eigenvalue weighted by atomic mass is 10.1. The number of esters is 1. The summed E-state index contributed by atoms with van der Waals surface area (Å²) in [4.78, 5) is 24.2. The van der Waals surface area contributed by atoms with E-state index in [1.165, 1.54) is 24.3 Å². The molecule has 1 aromatic carbocycles. The number of nitriles is 1. The van der Waals surface area contributed by atoms with E-state index in [1.54, 1.807) is 6.07 Å². The number of carbonyl (C=O) groups excluding carboxylic acids is 2. The van der Waals surface area contributed by atoms with Crippen molar-refractivity contribution in [2.24, 2.45) is 0 Å². The zero-order chi connectivity index (χ0) is 21.8. The van der Waals surface area contributed by atoms with Crippen molar-refractivity contribution in [3.63, 3.8) is 0 Å². The fraction of sp³-hybridized carbons (Fsp3) is 0.350. The molecule has 0 aliphatic heterocycles. The third-order valence-corrected chi connectivity index (χ3v) is 5.78. The van der Waals surface area contributed by atoms with Gasteiger partial charge in [-0.1, -0.05) is 0 Å². The van der Waals surface area contributed by atoms with Crippen molar-refractivity contribution >= 4 is 21.8 Å². The van der Waals surface area contributed by atoms with Crippen LogP contribution in [0.25, 0.3) is 0 Å². The Balaban J connectivity index is 1.94. The van der Waals surface area contributed by atoms with E-state index >= 15 is 0 Å². The minimum absolute atomic E-state index is 0.0819. The first-order valence-corrected chi connectivity index (χ1v) is 10.4. The molecule has 0 saturated carbocycles. The van der Waals surface area contributed by atoms with Gasteiger partial charge in [-0.2, -0.15) is 9.98 Å². The number of rotatable bonds is 8. The highest BCUT2D eigenvalue weighted by molar-refractivity contribution is 7.89. The van der Waals surface area contributed by atoms with E-state index < -0.39 is 29.1 Å². The topological polar surface area (TPSA) is 118 Å². The lowest BCUT2D eigenvalue weighted by Gasteiger charge is -2.13. The summed E-state index contributed by atoms with van der Waals surface area (Å²) in [6.07, 6.45) is 0. The zero-order valence-corrected chi connectivity index (χ0v) is 17.5. The molecule has 0 fully saturated rings. The van der Waals surface area contributed by atoms with Gasteiger partial charge in [0.15, 0.2) is 6.61 Å². The van der Waals surface area contributed by atoms with Gasteiger partial charge in [-0.25, -0.2) is 8.42 Å². The van der Waals surface area contributed by atoms with Gasteiger partial charge >= 0.3 is 5.97 Å². The molecule has 0 bridgehead atoms. The van der Waals surface area contributed by atoms with Crippen LogP contribution >= 0.6 is 0 Å². The fourth-order valence-corrected chi connectivity index (χ4v) is 4.04. The second kappa shape index (κ2) is 9.03. The Hall–Kier alpha value is -2.96. The fourth-order valence-electron chi connectivity index (χ4n) is 3.07. The van der Waals surface area contributed by atoms with Crippen molar-refractivity contribution in [3.8, 4) is 6.07 Å². The van der Waals surface area contributed by atoms with Crippen LogP contribution in [0.1, 0.15) is 47.2 Å². The van der Waals surface area contributed by atoms with Crippen LogP contribution in [0.15, 0.2) is 35.2 Å². The predicted molar refractivity (Wildman–Crippen MR) is 106 cm³/mol. The summed E-state index contributed by atoms with van der Waals surface area (Å²) in [6, 6.07) is 9.08. The average Bonchev–Trinajstić information content (AvgIpc) is 2.98. The summed E-state index contributed by atoms with van der Waals surface area (Å²) in [6.45, 7) is 6.66. The molecule has 1 N–H and O–H groups in total. The first-order valence-electron chi connectivity index (χ1n) is 8.94. The lowest BCUT2D eigenvalue weighted by Crippen LogP contribution is -2.31. The number of nitrogens with zero attached hydrogens (tertiary/aromatic N) is 2. The number of hydrogen-bond acceptors (Lipinski definition) is 6. The maximum atomic E-state index is 12.4. The van der Waals surface area contributed by atoms with Crippen molar-refractivity contribution < 1.29 is 22.7 Å². The van der Waals surface area contributed by atoms with Crippen LogP contribution in [-0.4, -0.2) is 37.9 Å². The summed E-state index contributed by atoms with van der Waals surface area (Å²) in [5.41, 5.74) is 2.52. The second-order valence-corrected chi connectivity index (χ2v) is 8.56. The van der Waals surface area contributed by atoms with Gasteiger partial charge in [-0.05, 0) is 58.0 Å². The zero-order valence-electron chi connectivity index (χ0n) is 16.7. The van der Waals surface area contributed by atoms with Crippen molar-refractivity contribution in [1.29, 1.82) is 5.26 Å². The maximum absolute atomic E-state index is 12.4. The Morgan fingerprint density at radius 3 is 2.34 bits per heavy atom. The van der Waals surface area contributed by atoms with E-state index in [0.29, 0.717) is 11.1 Å². The number of sulfonamides is 1. The largest absolute Gasteiger partial charge is 0.456 e. The van der Waals surface area contributed by atoms with Crippen molar-refractivity contribution in [2.45, 2.75) is 38.6 Å². The van der Waals surface area contributed by atoms with Crippen LogP contribution in [-0.2, 0) is 19.6 Å². The van der Waals surface area contributed by atoms with E-state index in [4.69, 9.17) is 10.00 Å². The molecule has 1 heterocycles. The summed E-state index contributed by atoms with van der Waals surface area (Å²) in [7, 11) is -3.94. The van der Waals surface area contributed by atoms with E-state index in [1.807, 2.05) is 38.3 Å². The third kappa shape index (κ3) is 5.31. The van der Waals surface area contributed by atoms with Gasteiger partial charge in [-0.15, -0.1) is 0 Å². The molecule has 29 heavy (non-hydrogen) atoms. The average molecular weight is 417 g/mol. The van der Waals surface area contributed by atoms with Gasteiger partial charge in [0, 0.05) is 23.0 Å². The molecule has 1 aromatic heterocycles. The first kappa shape index (κ1) is 22.3. The Kier molecular flexibility index (Phi) is 6.95. The van der Waals surface area contributed by atoms with Crippen molar-refractivity contribution in [3.05, 3.63) is 52.8 Å². The predicted octanol–water partition coefficient (Wildman–Crippen LogP) is 2.26. The Labute approximate surface area is 170 Å². The standard InChI is InChI=1S/C20H23N3O5S/c1-13(2)23-14(3)9-18(15(23)4)19(24)12-28-20(25)11-22-29(26,27)17-7-5-16(10-21)6-8-17/h5-9,13,22H,11-12H2,1-4H3. The Morgan fingerprint density at radius 2 is 1.83 bits per heavy atom. The number of Topliss-reactive ketones (excluding diaryl/α,β-unsaturated/α-hetero) is 1. The molecule has 9 heteroatoms. The number of aromatic nitrogens is 1. The number of nitrogens with one attached hydrogen (secondary N) is 1. The van der Waals surface area contributed by atoms with Gasteiger partial charge in [0.1, 0.15) is 6.54 Å². The minimum atomic E-state index is -3.94. The summed E-state index contributed by atoms with van der Waals surface area (Å²) < 4.78 is 33.4. The molecule has 0 unspecified atom stereocenters. The normalized spacial score (nSPS) is 11.3. The number of hydrogen-bond donors (Lipinski definition) is 1. The number of ether oxygens (including phenoxy) is 1. The minimum Gasteiger partial charge on any atom is -0.456 e. The molecule has 0 spiro atoms. The molecule has 0 aliphatic rings. The molecule has 0 saturated heterocycles. The molecule has 8 nitrogen and oxygen atoms in total. The monoisotopic (exact) mass is 417 g/mol. The number of carbonyl (C=O) groups is 2. The molecule has 2 rings (SSSR count). The van der Waals surface area contributed by atoms with Gasteiger partial charge in [-0.3, -0.25) is 9.59 Å². The van der Waals surface area contributed by atoms with E-state index in [2.05, 4.69) is 4.72 Å². The Morgan fingerprint density at radius 1 is 1.21 bits per heavy atom. The quantitative estimate of drug-likeness (QED) is 0.520. The van der Waals surface area contributed by atoms with Crippen molar-refractivity contribution in [1.82, 2.24) is 9.29 Å². The van der Waals surface area contributed by atoms with Gasteiger partial charge in [0.25, 0.3) is 0 Å². The smallest absolute Gasteiger partial charge is 0.321 e. The molecule has 0 atom stereocenters. The van der Waals surface area contributed by atoms with Crippen molar-refractivity contribution in [2.75, 3.05) is 13.2 Å². The molecule has 2 aromatic rings. The highest BCUT2D eigenvalue weighted by atomic mass is 32.2. The van der Waals surface area contributed by atoms with Crippen LogP contribution in [0.5, 0.6) is 0 Å². The van der Waals surface area contributed by atoms with E-state index in [0.717, 1.165) is 11.4 Å². The van der Waals surface area contributed by atoms with Crippen LogP contribution in [0.4, 0.5) is 0 Å². The maximum Gasteiger partial charge on any atom is 0.321 e. The molecule has 0 amide bonds. The van der Waals surface area contributed by atoms with Crippen LogP contribution < -0.4 is 4.72 Å². The SMILES string of the molecule is Cc1cc(C(=O)COC(=O)CNS(=O)(=O)c2ccc(C#N)cc2)c(C)n1C(C)C. The van der Waals surface area contributed by atoms with Gasteiger partial charge in [0.2, 0.25) is 15.8 Å². The second-order valence-electron chi connectivity index (χ2n) is 6.79. The van der Waals surface area contributed by atoms with E-state index in [9.17, 15) is 18.0 Å². The molecule has 0 aliphatic carbocycles. The van der Waals surface area contributed by atoms with Crippen LogP contribution in [0.3, 0.4) is 0 Å². The summed E-state index contributed by atoms with van der Waals surface area (Å²) in [5.74, 6) is -1.22. The number of aryl methyl sites for hydroxylation is 1.